The molecule has 0 saturated carbocycles. The molecule has 1 aliphatic rings. The van der Waals surface area contributed by atoms with Gasteiger partial charge in [0.1, 0.15) is 5.15 Å². The molecule has 3 rings (SSSR count). The number of hydrogen-bond donors (Lipinski definition) is 0. The highest BCUT2D eigenvalue weighted by molar-refractivity contribution is 7.14. The van der Waals surface area contributed by atoms with Gasteiger partial charge in [0.25, 0.3) is 0 Å². The van der Waals surface area contributed by atoms with Crippen LogP contribution in [-0.2, 0) is 4.79 Å². The molecule has 1 aliphatic heterocycles. The van der Waals surface area contributed by atoms with E-state index < -0.39 is 0 Å². The summed E-state index contributed by atoms with van der Waals surface area (Å²) in [6.07, 6.45) is 1.69. The molecule has 0 unspecified atom stereocenters. The summed E-state index contributed by atoms with van der Waals surface area (Å²) in [6.45, 7) is 11.0. The first-order valence-corrected chi connectivity index (χ1v) is 9.91. The zero-order valence-corrected chi connectivity index (χ0v) is 16.8. The summed E-state index contributed by atoms with van der Waals surface area (Å²) in [5.74, 6) is 0.292. The van der Waals surface area contributed by atoms with Gasteiger partial charge in [-0.3, -0.25) is 4.79 Å². The lowest BCUT2D eigenvalue weighted by Gasteiger charge is -2.35. The van der Waals surface area contributed by atoms with Crippen LogP contribution >= 0.6 is 22.9 Å². The van der Waals surface area contributed by atoms with E-state index >= 15 is 0 Å². The smallest absolute Gasteiger partial charge is 0.225 e. The Labute approximate surface area is 158 Å². The highest BCUT2D eigenvalue weighted by Gasteiger charge is 2.24. The number of piperazine rings is 1. The zero-order chi connectivity index (χ0) is 18.4. The average molecular weight is 381 g/mol. The molecular formula is C18H25ClN4OS. The minimum absolute atomic E-state index is 0.0597. The number of amides is 1. The van der Waals surface area contributed by atoms with Crippen molar-refractivity contribution in [1.82, 2.24) is 14.9 Å². The van der Waals surface area contributed by atoms with Crippen LogP contribution in [-0.4, -0.2) is 47.0 Å². The predicted molar refractivity (Wildman–Crippen MR) is 105 cm³/mol. The Bertz CT molecular complexity index is 696. The number of pyridine rings is 1. The van der Waals surface area contributed by atoms with Gasteiger partial charge in [-0.05, 0) is 12.1 Å². The Hall–Kier alpha value is -1.66. The Morgan fingerprint density at radius 2 is 1.92 bits per heavy atom. The van der Waals surface area contributed by atoms with Crippen LogP contribution in [0.2, 0.25) is 5.15 Å². The molecule has 1 fully saturated rings. The van der Waals surface area contributed by atoms with Gasteiger partial charge in [0.15, 0.2) is 5.13 Å². The van der Waals surface area contributed by atoms with Gasteiger partial charge < -0.3 is 9.80 Å². The zero-order valence-electron chi connectivity index (χ0n) is 15.2. The lowest BCUT2D eigenvalue weighted by molar-refractivity contribution is -0.134. The summed E-state index contributed by atoms with van der Waals surface area (Å²) in [4.78, 5) is 24.9. The quantitative estimate of drug-likeness (QED) is 0.749. The van der Waals surface area contributed by atoms with Crippen molar-refractivity contribution < 1.29 is 4.79 Å². The molecule has 0 bridgehead atoms. The fourth-order valence-corrected chi connectivity index (χ4v) is 3.65. The van der Waals surface area contributed by atoms with E-state index in [1.807, 2.05) is 50.1 Å². The van der Waals surface area contributed by atoms with Crippen LogP contribution in [0.15, 0.2) is 23.7 Å². The summed E-state index contributed by atoms with van der Waals surface area (Å²) in [5, 5.41) is 3.49. The molecule has 25 heavy (non-hydrogen) atoms. The molecule has 0 aromatic carbocycles. The summed E-state index contributed by atoms with van der Waals surface area (Å²) < 4.78 is 0. The minimum Gasteiger partial charge on any atom is -0.345 e. The van der Waals surface area contributed by atoms with Crippen molar-refractivity contribution in [2.75, 3.05) is 31.1 Å². The molecule has 1 saturated heterocycles. The van der Waals surface area contributed by atoms with Gasteiger partial charge in [0.2, 0.25) is 5.91 Å². The second-order valence-corrected chi connectivity index (χ2v) is 7.07. The monoisotopic (exact) mass is 380 g/mol. The van der Waals surface area contributed by atoms with Gasteiger partial charge in [0, 0.05) is 49.2 Å². The molecule has 0 spiro atoms. The molecule has 7 heteroatoms. The van der Waals surface area contributed by atoms with Crippen LogP contribution in [0.3, 0.4) is 0 Å². The third-order valence-corrected chi connectivity index (χ3v) is 4.98. The van der Waals surface area contributed by atoms with Crippen molar-refractivity contribution >= 4 is 34.0 Å². The number of thiazole rings is 1. The van der Waals surface area contributed by atoms with Crippen LogP contribution in [0, 0.1) is 5.92 Å². The maximum absolute atomic E-state index is 12.0. The van der Waals surface area contributed by atoms with E-state index in [2.05, 4.69) is 9.88 Å². The van der Waals surface area contributed by atoms with Crippen LogP contribution in [0.25, 0.3) is 11.3 Å². The van der Waals surface area contributed by atoms with Gasteiger partial charge in [-0.15, -0.1) is 11.3 Å². The van der Waals surface area contributed by atoms with Crippen molar-refractivity contribution in [3.8, 4) is 11.3 Å². The van der Waals surface area contributed by atoms with Crippen molar-refractivity contribution in [2.45, 2.75) is 27.7 Å². The molecule has 5 nitrogen and oxygen atoms in total. The van der Waals surface area contributed by atoms with Crippen molar-refractivity contribution in [2.24, 2.45) is 5.92 Å². The van der Waals surface area contributed by atoms with Gasteiger partial charge in [-0.1, -0.05) is 39.3 Å². The van der Waals surface area contributed by atoms with E-state index in [9.17, 15) is 4.79 Å². The fourth-order valence-electron chi connectivity index (χ4n) is 2.59. The van der Waals surface area contributed by atoms with Gasteiger partial charge in [0.05, 0.1) is 5.69 Å². The Morgan fingerprint density at radius 3 is 2.52 bits per heavy atom. The first-order chi connectivity index (χ1) is 12.0. The van der Waals surface area contributed by atoms with Gasteiger partial charge in [-0.25, -0.2) is 9.97 Å². The summed E-state index contributed by atoms with van der Waals surface area (Å²) in [6, 6.07) is 3.73. The van der Waals surface area contributed by atoms with Crippen LogP contribution in [0.1, 0.15) is 27.7 Å². The number of halogens is 1. The SMILES string of the molecule is CC.CC(C)C(=O)N1CCN(c2nc(-c3ccnc(Cl)c3)cs2)CC1. The number of carbonyl (C=O) groups excluding carboxylic acids is 1. The standard InChI is InChI=1S/C16H19ClN4OS.C2H6/c1-11(2)15(22)20-5-7-21(8-6-20)16-19-13(10-23-16)12-3-4-18-14(17)9-12;1-2/h3-4,9-11H,5-8H2,1-2H3;1-2H3. The van der Waals surface area contributed by atoms with E-state index in [1.54, 1.807) is 17.5 Å². The van der Waals surface area contributed by atoms with Gasteiger partial charge >= 0.3 is 0 Å². The molecular weight excluding hydrogens is 356 g/mol. The van der Waals surface area contributed by atoms with E-state index in [1.165, 1.54) is 0 Å². The molecule has 2 aromatic heterocycles. The molecule has 2 aromatic rings. The summed E-state index contributed by atoms with van der Waals surface area (Å²) in [5.41, 5.74) is 1.89. The Morgan fingerprint density at radius 1 is 1.24 bits per heavy atom. The maximum atomic E-state index is 12.0. The number of rotatable bonds is 3. The van der Waals surface area contributed by atoms with Crippen LogP contribution in [0.5, 0.6) is 0 Å². The Kier molecular flexibility index (Phi) is 7.20. The number of anilines is 1. The lowest BCUT2D eigenvalue weighted by Crippen LogP contribution is -2.49. The van der Waals surface area contributed by atoms with Gasteiger partial charge in [-0.2, -0.15) is 0 Å². The van der Waals surface area contributed by atoms with Crippen molar-refractivity contribution in [3.63, 3.8) is 0 Å². The van der Waals surface area contributed by atoms with E-state index in [0.717, 1.165) is 42.6 Å². The van der Waals surface area contributed by atoms with Crippen LogP contribution in [0.4, 0.5) is 5.13 Å². The molecule has 0 aliphatic carbocycles. The molecule has 0 atom stereocenters. The predicted octanol–water partition coefficient (Wildman–Crippen LogP) is 4.19. The largest absolute Gasteiger partial charge is 0.345 e. The first kappa shape index (κ1) is 19.7. The summed E-state index contributed by atoms with van der Waals surface area (Å²) >= 11 is 7.56. The number of carbonyl (C=O) groups is 1. The maximum Gasteiger partial charge on any atom is 0.225 e. The van der Waals surface area contributed by atoms with E-state index in [0.29, 0.717) is 5.15 Å². The number of aromatic nitrogens is 2. The average Bonchev–Trinajstić information content (AvgIpc) is 3.13. The van der Waals surface area contributed by atoms with Crippen molar-refractivity contribution in [1.29, 1.82) is 0 Å². The van der Waals surface area contributed by atoms with Crippen molar-refractivity contribution in [3.05, 3.63) is 28.9 Å². The lowest BCUT2D eigenvalue weighted by atomic mass is 10.1. The second kappa shape index (κ2) is 9.15. The molecule has 0 radical (unpaired) electrons. The minimum atomic E-state index is 0.0597. The third kappa shape index (κ3) is 4.92. The van der Waals surface area contributed by atoms with E-state index in [4.69, 9.17) is 16.6 Å². The highest BCUT2D eigenvalue weighted by Crippen LogP contribution is 2.28. The number of hydrogen-bond acceptors (Lipinski definition) is 5. The third-order valence-electron chi connectivity index (χ3n) is 3.87. The number of nitrogens with zero attached hydrogens (tertiary/aromatic N) is 4. The van der Waals surface area contributed by atoms with E-state index in [-0.39, 0.29) is 11.8 Å². The van der Waals surface area contributed by atoms with Crippen LogP contribution < -0.4 is 4.90 Å². The summed E-state index contributed by atoms with van der Waals surface area (Å²) in [7, 11) is 0. The second-order valence-electron chi connectivity index (χ2n) is 5.85. The first-order valence-electron chi connectivity index (χ1n) is 8.66. The highest BCUT2D eigenvalue weighted by atomic mass is 35.5. The molecule has 3 heterocycles. The fraction of sp³-hybridized carbons (Fsp3) is 0.500. The Balaban J connectivity index is 0.00000109. The molecule has 136 valence electrons. The topological polar surface area (TPSA) is 49.3 Å². The molecule has 0 N–H and O–H groups in total. The molecule has 1 amide bonds. The normalized spacial score (nSPS) is 14.3.